The first-order valence-corrected chi connectivity index (χ1v) is 9.89. The van der Waals surface area contributed by atoms with Crippen LogP contribution < -0.4 is 0 Å². The first-order valence-electron chi connectivity index (χ1n) is 9.89. The van der Waals surface area contributed by atoms with Crippen LogP contribution in [-0.2, 0) is 10.9 Å². The van der Waals surface area contributed by atoms with E-state index in [2.05, 4.69) is 9.97 Å². The van der Waals surface area contributed by atoms with Crippen LogP contribution in [0.2, 0.25) is 0 Å². The van der Waals surface area contributed by atoms with Gasteiger partial charge in [-0.15, -0.1) is 0 Å². The number of aliphatic hydroxyl groups excluding tert-OH is 4. The van der Waals surface area contributed by atoms with E-state index in [1.54, 1.807) is 18.2 Å². The average Bonchev–Trinajstić information content (AvgIpc) is 2.74. The van der Waals surface area contributed by atoms with Crippen molar-refractivity contribution in [3.63, 3.8) is 0 Å². The number of aromatic nitrogens is 2. The number of alkyl halides is 3. The highest BCUT2D eigenvalue weighted by Crippen LogP contribution is 2.36. The molecule has 3 rings (SSSR count). The van der Waals surface area contributed by atoms with Crippen molar-refractivity contribution in [2.45, 2.75) is 62.9 Å². The normalized spacial score (nSPS) is 27.8. The second-order valence-corrected chi connectivity index (χ2v) is 7.66. The fourth-order valence-electron chi connectivity index (χ4n) is 3.97. The Balaban J connectivity index is 1.88. The zero-order valence-corrected chi connectivity index (χ0v) is 17.0. The second kappa shape index (κ2) is 9.17. The van der Waals surface area contributed by atoms with Gasteiger partial charge in [0.15, 0.2) is 5.69 Å². The van der Waals surface area contributed by atoms with Crippen LogP contribution in [0.15, 0.2) is 30.6 Å². The lowest BCUT2D eigenvalue weighted by Gasteiger charge is -2.43. The molecule has 0 radical (unpaired) electrons. The maximum atomic E-state index is 12.7. The lowest BCUT2D eigenvalue weighted by molar-refractivity contribution is -0.234. The Bertz CT molecular complexity index is 892. The Kier molecular flexibility index (Phi) is 6.97. The first-order chi connectivity index (χ1) is 14.6. The molecule has 1 aliphatic heterocycles. The van der Waals surface area contributed by atoms with E-state index in [0.29, 0.717) is 18.2 Å². The standard InChI is InChI=1S/C21H25F3N2O5/c1-3-12(20-19(30)18(29)17(28)15(9-27)31-20)13-5-4-11(6-10(13)2)14-7-26-16(8-25-14)21(22,23)24/h4-8,12,15,17-20,27-30H,3,9H2,1-2H3/t12-,15?,17-,18+,19?,20-/m1/s1. The van der Waals surface area contributed by atoms with Crippen molar-refractivity contribution in [3.8, 4) is 11.3 Å². The third-order valence-corrected chi connectivity index (χ3v) is 5.67. The van der Waals surface area contributed by atoms with Crippen LogP contribution >= 0.6 is 0 Å². The summed E-state index contributed by atoms with van der Waals surface area (Å²) in [5.41, 5.74) is 1.37. The molecule has 0 spiro atoms. The van der Waals surface area contributed by atoms with Gasteiger partial charge in [0.2, 0.25) is 0 Å². The minimum atomic E-state index is -4.56. The molecule has 0 bridgehead atoms. The molecule has 31 heavy (non-hydrogen) atoms. The van der Waals surface area contributed by atoms with Crippen molar-refractivity contribution in [3.05, 3.63) is 47.4 Å². The van der Waals surface area contributed by atoms with Gasteiger partial charge >= 0.3 is 6.18 Å². The van der Waals surface area contributed by atoms with Crippen LogP contribution in [0.5, 0.6) is 0 Å². The Morgan fingerprint density at radius 2 is 1.77 bits per heavy atom. The Hall–Kier alpha value is -2.11. The highest BCUT2D eigenvalue weighted by Gasteiger charge is 2.46. The van der Waals surface area contributed by atoms with Gasteiger partial charge in [0, 0.05) is 11.5 Å². The number of ether oxygens (including phenoxy) is 1. The molecular weight excluding hydrogens is 417 g/mol. The van der Waals surface area contributed by atoms with Gasteiger partial charge in [-0.2, -0.15) is 13.2 Å². The van der Waals surface area contributed by atoms with E-state index in [-0.39, 0.29) is 11.6 Å². The zero-order valence-electron chi connectivity index (χ0n) is 17.0. The van der Waals surface area contributed by atoms with Crippen molar-refractivity contribution in [1.82, 2.24) is 9.97 Å². The quantitative estimate of drug-likeness (QED) is 0.558. The zero-order chi connectivity index (χ0) is 22.9. The van der Waals surface area contributed by atoms with Crippen molar-refractivity contribution in [1.29, 1.82) is 0 Å². The fraction of sp³-hybridized carbons (Fsp3) is 0.524. The van der Waals surface area contributed by atoms with E-state index in [0.717, 1.165) is 17.3 Å². The summed E-state index contributed by atoms with van der Waals surface area (Å²) in [6.07, 6.45) is -8.41. The molecule has 0 saturated carbocycles. The van der Waals surface area contributed by atoms with Crippen molar-refractivity contribution >= 4 is 0 Å². The van der Waals surface area contributed by atoms with Crippen LogP contribution in [0.4, 0.5) is 13.2 Å². The highest BCUT2D eigenvalue weighted by atomic mass is 19.4. The van der Waals surface area contributed by atoms with E-state index in [1.807, 2.05) is 13.8 Å². The van der Waals surface area contributed by atoms with Crippen molar-refractivity contribution in [2.24, 2.45) is 0 Å². The number of aryl methyl sites for hydroxylation is 1. The summed E-state index contributed by atoms with van der Waals surface area (Å²) >= 11 is 0. The molecule has 0 aliphatic carbocycles. The molecule has 1 aromatic carbocycles. The Labute approximate surface area is 177 Å². The summed E-state index contributed by atoms with van der Waals surface area (Å²) in [4.78, 5) is 7.29. The lowest BCUT2D eigenvalue weighted by Crippen LogP contribution is -2.59. The molecule has 1 aliphatic rings. The molecule has 10 heteroatoms. The van der Waals surface area contributed by atoms with E-state index >= 15 is 0 Å². The molecule has 6 atom stereocenters. The molecule has 2 aromatic rings. The minimum absolute atomic E-state index is 0.281. The van der Waals surface area contributed by atoms with Gasteiger partial charge in [0.1, 0.15) is 24.4 Å². The fourth-order valence-corrected chi connectivity index (χ4v) is 3.97. The van der Waals surface area contributed by atoms with Crippen molar-refractivity contribution < 1.29 is 38.3 Å². The van der Waals surface area contributed by atoms with Gasteiger partial charge in [-0.1, -0.05) is 19.1 Å². The predicted molar refractivity (Wildman–Crippen MR) is 104 cm³/mol. The third-order valence-electron chi connectivity index (χ3n) is 5.67. The second-order valence-electron chi connectivity index (χ2n) is 7.66. The smallest absolute Gasteiger partial charge is 0.394 e. The number of halogens is 3. The molecule has 4 N–H and O–H groups in total. The SMILES string of the molecule is CC[C@H](c1ccc(-c2cnc(C(F)(F)F)cn2)cc1C)[C@H]1OC(CO)[C@@H](O)[C@H](O)C1O. The predicted octanol–water partition coefficient (Wildman–Crippen LogP) is 1.81. The van der Waals surface area contributed by atoms with Gasteiger partial charge < -0.3 is 25.2 Å². The summed E-state index contributed by atoms with van der Waals surface area (Å²) in [7, 11) is 0. The summed E-state index contributed by atoms with van der Waals surface area (Å²) < 4.78 is 43.8. The molecule has 0 amide bonds. The molecule has 1 aromatic heterocycles. The average molecular weight is 442 g/mol. The van der Waals surface area contributed by atoms with E-state index in [9.17, 15) is 33.6 Å². The summed E-state index contributed by atoms with van der Waals surface area (Å²) in [5, 5.41) is 40.0. The van der Waals surface area contributed by atoms with Gasteiger partial charge in [-0.25, -0.2) is 4.98 Å². The number of hydrogen-bond donors (Lipinski definition) is 4. The number of benzene rings is 1. The first kappa shape index (κ1) is 23.6. The van der Waals surface area contributed by atoms with Crippen LogP contribution in [-0.4, -0.2) is 67.5 Å². The van der Waals surface area contributed by atoms with Crippen LogP contribution in [0.25, 0.3) is 11.3 Å². The largest absolute Gasteiger partial charge is 0.434 e. The van der Waals surface area contributed by atoms with Crippen LogP contribution in [0.3, 0.4) is 0 Å². The third kappa shape index (κ3) is 4.73. The number of hydrogen-bond acceptors (Lipinski definition) is 7. The van der Waals surface area contributed by atoms with Crippen LogP contribution in [0.1, 0.15) is 36.1 Å². The monoisotopic (exact) mass is 442 g/mol. The highest BCUT2D eigenvalue weighted by molar-refractivity contribution is 5.60. The molecular formula is C21H25F3N2O5. The molecule has 2 unspecified atom stereocenters. The number of nitrogens with zero attached hydrogens (tertiary/aromatic N) is 2. The lowest BCUT2D eigenvalue weighted by atomic mass is 9.81. The van der Waals surface area contributed by atoms with Gasteiger partial charge in [0.05, 0.1) is 30.8 Å². The molecule has 170 valence electrons. The molecule has 2 heterocycles. The summed E-state index contributed by atoms with van der Waals surface area (Å²) in [6, 6.07) is 5.20. The minimum Gasteiger partial charge on any atom is -0.394 e. The van der Waals surface area contributed by atoms with E-state index in [4.69, 9.17) is 4.74 Å². The summed E-state index contributed by atoms with van der Waals surface area (Å²) in [6.45, 7) is 3.17. The van der Waals surface area contributed by atoms with Gasteiger partial charge in [-0.05, 0) is 30.5 Å². The van der Waals surface area contributed by atoms with Crippen molar-refractivity contribution in [2.75, 3.05) is 6.61 Å². The maximum absolute atomic E-state index is 12.7. The number of aliphatic hydroxyl groups is 4. The molecule has 1 saturated heterocycles. The van der Waals surface area contributed by atoms with Gasteiger partial charge in [0.25, 0.3) is 0 Å². The Morgan fingerprint density at radius 3 is 2.29 bits per heavy atom. The molecule has 1 fully saturated rings. The van der Waals surface area contributed by atoms with Gasteiger partial charge in [-0.3, -0.25) is 4.98 Å². The van der Waals surface area contributed by atoms with E-state index in [1.165, 1.54) is 0 Å². The topological polar surface area (TPSA) is 116 Å². The molecule has 7 nitrogen and oxygen atoms in total. The number of rotatable bonds is 5. The maximum Gasteiger partial charge on any atom is 0.434 e. The Morgan fingerprint density at radius 1 is 1.06 bits per heavy atom. The van der Waals surface area contributed by atoms with E-state index < -0.39 is 49.0 Å². The summed E-state index contributed by atoms with van der Waals surface area (Å²) in [5.74, 6) is -0.362. The van der Waals surface area contributed by atoms with Crippen LogP contribution in [0, 0.1) is 6.92 Å².